The number of benzene rings is 1. The van der Waals surface area contributed by atoms with E-state index in [0.717, 1.165) is 11.3 Å². The van der Waals surface area contributed by atoms with Crippen molar-refractivity contribution in [1.29, 1.82) is 0 Å². The third-order valence-electron chi connectivity index (χ3n) is 2.51. The minimum atomic E-state index is -0.407. The predicted molar refractivity (Wildman–Crippen MR) is 61.0 cm³/mol. The average Bonchev–Trinajstić information content (AvgIpc) is 2.73. The summed E-state index contributed by atoms with van der Waals surface area (Å²) < 4.78 is 5.54. The van der Waals surface area contributed by atoms with Gasteiger partial charge in [-0.2, -0.15) is 0 Å². The Kier molecular flexibility index (Phi) is 3.11. The lowest BCUT2D eigenvalue weighted by Crippen LogP contribution is -2.37. The van der Waals surface area contributed by atoms with E-state index in [1.165, 1.54) is 0 Å². The first-order valence-corrected chi connectivity index (χ1v) is 5.27. The van der Waals surface area contributed by atoms with Crippen molar-refractivity contribution in [2.45, 2.75) is 18.9 Å². The van der Waals surface area contributed by atoms with Crippen LogP contribution >= 0.6 is 0 Å². The van der Waals surface area contributed by atoms with Crippen molar-refractivity contribution in [3.05, 3.63) is 29.8 Å². The van der Waals surface area contributed by atoms with Gasteiger partial charge in [-0.25, -0.2) is 0 Å². The second-order valence-electron chi connectivity index (χ2n) is 3.66. The fourth-order valence-electron chi connectivity index (χ4n) is 1.70. The normalized spacial score (nSPS) is 17.1. The van der Waals surface area contributed by atoms with Gasteiger partial charge >= 0.3 is 0 Å². The summed E-state index contributed by atoms with van der Waals surface area (Å²) >= 11 is 0. The lowest BCUT2D eigenvalue weighted by atomic mass is 10.1. The number of carbonyl (C=O) groups excluding carboxylic acids is 1. The van der Waals surface area contributed by atoms with Gasteiger partial charge in [-0.05, 0) is 11.6 Å². The Morgan fingerprint density at radius 1 is 1.56 bits per heavy atom. The highest BCUT2D eigenvalue weighted by Crippen LogP contribution is 2.27. The number of fused-ring (bicyclic) bond motifs is 1. The number of hydrogen-bond donors (Lipinski definition) is 1. The Balaban J connectivity index is 1.91. The molecule has 0 saturated carbocycles. The molecule has 0 aromatic heterocycles. The van der Waals surface area contributed by atoms with Crippen LogP contribution in [0.2, 0.25) is 0 Å². The van der Waals surface area contributed by atoms with Gasteiger partial charge in [-0.1, -0.05) is 18.2 Å². The molecule has 0 fully saturated rings. The quantitative estimate of drug-likeness (QED) is 0.606. The fourth-order valence-corrected chi connectivity index (χ4v) is 1.70. The Hall–Kier alpha value is -1.95. The first kappa shape index (κ1) is 10.6. The van der Waals surface area contributed by atoms with Crippen molar-refractivity contribution in [3.63, 3.8) is 0 Å². The van der Waals surface area contributed by atoms with Gasteiger partial charge in [-0.15, -0.1) is 12.3 Å². The maximum Gasteiger partial charge on any atom is 0.261 e. The third-order valence-corrected chi connectivity index (χ3v) is 2.51. The Labute approximate surface area is 94.8 Å². The second kappa shape index (κ2) is 4.71. The molecule has 1 aliphatic heterocycles. The minimum Gasteiger partial charge on any atom is -0.480 e. The molecule has 0 saturated heterocycles. The SMILES string of the molecule is C#CCCNC(=O)C1Cc2ccccc2O1. The molecular formula is C13H13NO2. The highest BCUT2D eigenvalue weighted by Gasteiger charge is 2.28. The summed E-state index contributed by atoms with van der Waals surface area (Å²) in [5.74, 6) is 3.19. The lowest BCUT2D eigenvalue weighted by molar-refractivity contribution is -0.127. The maximum atomic E-state index is 11.7. The molecule has 0 radical (unpaired) electrons. The van der Waals surface area contributed by atoms with Gasteiger partial charge in [0, 0.05) is 19.4 Å². The van der Waals surface area contributed by atoms with Crippen LogP contribution in [-0.4, -0.2) is 18.6 Å². The molecule has 82 valence electrons. The molecule has 1 aromatic rings. The molecule has 0 aliphatic carbocycles. The molecule has 16 heavy (non-hydrogen) atoms. The molecule has 1 atom stereocenters. The summed E-state index contributed by atoms with van der Waals surface area (Å²) in [6.07, 6.45) is 5.88. The summed E-state index contributed by atoms with van der Waals surface area (Å²) in [7, 11) is 0. The number of amides is 1. The molecule has 0 bridgehead atoms. The van der Waals surface area contributed by atoms with Gasteiger partial charge in [0.2, 0.25) is 0 Å². The molecule has 1 amide bonds. The second-order valence-corrected chi connectivity index (χ2v) is 3.66. The van der Waals surface area contributed by atoms with E-state index in [2.05, 4.69) is 11.2 Å². The van der Waals surface area contributed by atoms with Crippen LogP contribution in [0.4, 0.5) is 0 Å². The van der Waals surface area contributed by atoms with E-state index < -0.39 is 6.10 Å². The van der Waals surface area contributed by atoms with E-state index in [0.29, 0.717) is 19.4 Å². The van der Waals surface area contributed by atoms with Crippen molar-refractivity contribution in [2.24, 2.45) is 0 Å². The van der Waals surface area contributed by atoms with E-state index in [9.17, 15) is 4.79 Å². The highest BCUT2D eigenvalue weighted by molar-refractivity contribution is 5.82. The van der Waals surface area contributed by atoms with Gasteiger partial charge in [0.25, 0.3) is 5.91 Å². The smallest absolute Gasteiger partial charge is 0.261 e. The molecular weight excluding hydrogens is 202 g/mol. The maximum absolute atomic E-state index is 11.7. The zero-order valence-electron chi connectivity index (χ0n) is 8.90. The first-order valence-electron chi connectivity index (χ1n) is 5.27. The number of rotatable bonds is 3. The highest BCUT2D eigenvalue weighted by atomic mass is 16.5. The monoisotopic (exact) mass is 215 g/mol. The first-order chi connectivity index (χ1) is 7.81. The number of carbonyl (C=O) groups is 1. The standard InChI is InChI=1S/C13H13NO2/c1-2-3-8-14-13(15)12-9-10-6-4-5-7-11(10)16-12/h1,4-7,12H,3,8-9H2,(H,14,15). The Morgan fingerprint density at radius 2 is 2.38 bits per heavy atom. The number of para-hydroxylation sites is 1. The van der Waals surface area contributed by atoms with Crippen LogP contribution in [0.5, 0.6) is 5.75 Å². The van der Waals surface area contributed by atoms with E-state index in [1.54, 1.807) is 0 Å². The minimum absolute atomic E-state index is 0.0912. The molecule has 3 nitrogen and oxygen atoms in total. The lowest BCUT2D eigenvalue weighted by Gasteiger charge is -2.10. The van der Waals surface area contributed by atoms with Gasteiger partial charge in [0.05, 0.1) is 0 Å². The molecule has 1 unspecified atom stereocenters. The van der Waals surface area contributed by atoms with Crippen LogP contribution in [0, 0.1) is 12.3 Å². The van der Waals surface area contributed by atoms with Crippen LogP contribution in [-0.2, 0) is 11.2 Å². The molecule has 1 aliphatic rings. The summed E-state index contributed by atoms with van der Waals surface area (Å²) in [6, 6.07) is 7.70. The fraction of sp³-hybridized carbons (Fsp3) is 0.308. The van der Waals surface area contributed by atoms with Crippen LogP contribution in [0.3, 0.4) is 0 Å². The summed E-state index contributed by atoms with van der Waals surface area (Å²) in [6.45, 7) is 0.505. The largest absolute Gasteiger partial charge is 0.480 e. The van der Waals surface area contributed by atoms with Gasteiger partial charge < -0.3 is 10.1 Å². The van der Waals surface area contributed by atoms with Gasteiger partial charge in [0.15, 0.2) is 6.10 Å². The zero-order chi connectivity index (χ0) is 11.4. The Morgan fingerprint density at radius 3 is 3.12 bits per heavy atom. The van der Waals surface area contributed by atoms with E-state index in [1.807, 2.05) is 24.3 Å². The van der Waals surface area contributed by atoms with Crippen molar-refractivity contribution in [3.8, 4) is 18.1 Å². The number of terminal acetylenes is 1. The summed E-state index contributed by atoms with van der Waals surface area (Å²) in [5, 5.41) is 2.75. The average molecular weight is 215 g/mol. The van der Waals surface area contributed by atoms with Crippen LogP contribution in [0.15, 0.2) is 24.3 Å². The van der Waals surface area contributed by atoms with Crippen LogP contribution in [0.1, 0.15) is 12.0 Å². The summed E-state index contributed by atoms with van der Waals surface area (Å²) in [4.78, 5) is 11.7. The number of ether oxygens (including phenoxy) is 1. The van der Waals surface area contributed by atoms with Crippen molar-refractivity contribution in [1.82, 2.24) is 5.32 Å². The predicted octanol–water partition coefficient (Wildman–Crippen LogP) is 1.13. The molecule has 1 N–H and O–H groups in total. The van der Waals surface area contributed by atoms with Crippen LogP contribution in [0.25, 0.3) is 0 Å². The molecule has 0 spiro atoms. The third kappa shape index (κ3) is 2.17. The molecule has 3 heteroatoms. The Bertz CT molecular complexity index is 409. The van der Waals surface area contributed by atoms with Crippen molar-refractivity contribution >= 4 is 5.91 Å². The number of hydrogen-bond acceptors (Lipinski definition) is 2. The van der Waals surface area contributed by atoms with E-state index in [-0.39, 0.29) is 5.91 Å². The molecule has 2 rings (SSSR count). The van der Waals surface area contributed by atoms with Gasteiger partial charge in [-0.3, -0.25) is 4.79 Å². The molecule has 1 aromatic carbocycles. The zero-order valence-corrected chi connectivity index (χ0v) is 8.90. The van der Waals surface area contributed by atoms with Crippen LogP contribution < -0.4 is 10.1 Å². The van der Waals surface area contributed by atoms with Gasteiger partial charge in [0.1, 0.15) is 5.75 Å². The summed E-state index contributed by atoms with van der Waals surface area (Å²) in [5.41, 5.74) is 1.08. The van der Waals surface area contributed by atoms with E-state index in [4.69, 9.17) is 11.2 Å². The van der Waals surface area contributed by atoms with Crippen molar-refractivity contribution in [2.75, 3.05) is 6.54 Å². The number of nitrogens with one attached hydrogen (secondary N) is 1. The van der Waals surface area contributed by atoms with E-state index >= 15 is 0 Å². The topological polar surface area (TPSA) is 38.3 Å². The molecule has 1 heterocycles. The van der Waals surface area contributed by atoms with Crippen molar-refractivity contribution < 1.29 is 9.53 Å².